The summed E-state index contributed by atoms with van der Waals surface area (Å²) in [5, 5.41) is 9.49. The molecule has 0 aromatic heterocycles. The molecule has 0 saturated carbocycles. The van der Waals surface area contributed by atoms with E-state index in [1.807, 2.05) is 45.1 Å². The molecule has 0 radical (unpaired) electrons. The fraction of sp³-hybridized carbons (Fsp3) is 0.294. The van der Waals surface area contributed by atoms with Crippen LogP contribution in [0.15, 0.2) is 54.6 Å². The number of aliphatic hydroxyl groups excluding tert-OH is 1. The second kappa shape index (κ2) is 6.97. The highest BCUT2D eigenvalue weighted by Crippen LogP contribution is 2.42. The van der Waals surface area contributed by atoms with Gasteiger partial charge in [-0.15, -0.1) is 0 Å². The van der Waals surface area contributed by atoms with Crippen molar-refractivity contribution in [1.29, 1.82) is 0 Å². The van der Waals surface area contributed by atoms with E-state index in [0.29, 0.717) is 0 Å². The number of hydrogen-bond acceptors (Lipinski definition) is 1. The summed E-state index contributed by atoms with van der Waals surface area (Å²) in [4.78, 5) is 0. The summed E-state index contributed by atoms with van der Waals surface area (Å²) in [5.74, 6) is 0.0832. The molecule has 0 heterocycles. The monoisotopic (exact) mass is 242 g/mol. The summed E-state index contributed by atoms with van der Waals surface area (Å²) in [6.45, 7) is 9.99. The van der Waals surface area contributed by atoms with Crippen molar-refractivity contribution in [3.8, 4) is 0 Å². The number of aliphatic hydroxyl groups is 1. The van der Waals surface area contributed by atoms with E-state index < -0.39 is 0 Å². The Balaban J connectivity index is 0.000000771. The van der Waals surface area contributed by atoms with Gasteiger partial charge in [-0.2, -0.15) is 0 Å². The molecule has 0 aliphatic heterocycles. The van der Waals surface area contributed by atoms with Gasteiger partial charge in [0.25, 0.3) is 0 Å². The molecular weight excluding hydrogens is 220 g/mol. The molecule has 0 bridgehead atoms. The number of fused-ring (bicyclic) bond motifs is 1. The molecule has 1 unspecified atom stereocenters. The lowest BCUT2D eigenvalue weighted by Crippen LogP contribution is -2.02. The van der Waals surface area contributed by atoms with Gasteiger partial charge in [0.05, 0.1) is 6.61 Å². The van der Waals surface area contributed by atoms with Gasteiger partial charge < -0.3 is 5.11 Å². The molecule has 18 heavy (non-hydrogen) atoms. The number of benzene rings is 1. The molecule has 2 rings (SSSR count). The molecule has 0 fully saturated rings. The van der Waals surface area contributed by atoms with Crippen LogP contribution in [-0.2, 0) is 0 Å². The Morgan fingerprint density at radius 1 is 1.28 bits per heavy atom. The number of allylic oxidation sites excluding steroid dienone is 4. The van der Waals surface area contributed by atoms with Gasteiger partial charge in [0.15, 0.2) is 0 Å². The van der Waals surface area contributed by atoms with E-state index in [4.69, 9.17) is 0 Å². The van der Waals surface area contributed by atoms with Crippen LogP contribution < -0.4 is 0 Å². The van der Waals surface area contributed by atoms with Crippen molar-refractivity contribution in [2.24, 2.45) is 0 Å². The maximum Gasteiger partial charge on any atom is 0.0540 e. The molecule has 1 aromatic rings. The van der Waals surface area contributed by atoms with E-state index in [2.05, 4.69) is 24.8 Å². The Morgan fingerprint density at radius 2 is 1.94 bits per heavy atom. The first-order chi connectivity index (χ1) is 8.83. The molecule has 1 N–H and O–H groups in total. The third kappa shape index (κ3) is 2.46. The van der Waals surface area contributed by atoms with Crippen LogP contribution in [0.2, 0.25) is 0 Å². The number of hydrogen-bond donors (Lipinski definition) is 1. The number of rotatable bonds is 3. The minimum absolute atomic E-state index is 0.0832. The Labute approximate surface area is 110 Å². The maximum absolute atomic E-state index is 9.49. The quantitative estimate of drug-likeness (QED) is 0.837. The van der Waals surface area contributed by atoms with Crippen LogP contribution in [-0.4, -0.2) is 11.7 Å². The van der Waals surface area contributed by atoms with Crippen LogP contribution in [0.25, 0.3) is 5.57 Å². The van der Waals surface area contributed by atoms with Crippen molar-refractivity contribution in [3.63, 3.8) is 0 Å². The predicted molar refractivity (Wildman–Crippen MR) is 79.5 cm³/mol. The lowest BCUT2D eigenvalue weighted by Gasteiger charge is -2.10. The van der Waals surface area contributed by atoms with Crippen LogP contribution in [0.5, 0.6) is 0 Å². The van der Waals surface area contributed by atoms with Gasteiger partial charge in [-0.3, -0.25) is 0 Å². The van der Waals surface area contributed by atoms with Gasteiger partial charge in [0.2, 0.25) is 0 Å². The van der Waals surface area contributed by atoms with Gasteiger partial charge >= 0.3 is 0 Å². The molecule has 1 heteroatoms. The smallest absolute Gasteiger partial charge is 0.0540 e. The molecule has 0 saturated heterocycles. The highest BCUT2D eigenvalue weighted by atomic mass is 16.3. The summed E-state index contributed by atoms with van der Waals surface area (Å²) < 4.78 is 0. The molecule has 96 valence electrons. The first kappa shape index (κ1) is 14.5. The minimum Gasteiger partial charge on any atom is -0.395 e. The van der Waals surface area contributed by atoms with Crippen molar-refractivity contribution < 1.29 is 5.11 Å². The lowest BCUT2D eigenvalue weighted by molar-refractivity contribution is 0.282. The van der Waals surface area contributed by atoms with Crippen LogP contribution >= 0.6 is 0 Å². The maximum atomic E-state index is 9.49. The third-order valence-corrected chi connectivity index (χ3v) is 3.05. The summed E-state index contributed by atoms with van der Waals surface area (Å²) >= 11 is 0. The molecule has 1 aromatic carbocycles. The fourth-order valence-electron chi connectivity index (χ4n) is 2.36. The average molecular weight is 242 g/mol. The topological polar surface area (TPSA) is 20.2 Å². The van der Waals surface area contributed by atoms with E-state index in [1.54, 1.807) is 0 Å². The Morgan fingerprint density at radius 3 is 2.50 bits per heavy atom. The van der Waals surface area contributed by atoms with E-state index in [9.17, 15) is 5.11 Å². The second-order valence-corrected chi connectivity index (χ2v) is 3.90. The highest BCUT2D eigenvalue weighted by molar-refractivity contribution is 5.86. The van der Waals surface area contributed by atoms with Crippen LogP contribution in [0.1, 0.15) is 37.8 Å². The summed E-state index contributed by atoms with van der Waals surface area (Å²) in [6, 6.07) is 8.23. The summed E-state index contributed by atoms with van der Waals surface area (Å²) in [6.07, 6.45) is 5.97. The molecule has 1 aliphatic rings. The molecule has 1 nitrogen and oxygen atoms in total. The highest BCUT2D eigenvalue weighted by Gasteiger charge is 2.27. The zero-order valence-corrected chi connectivity index (χ0v) is 11.5. The minimum atomic E-state index is 0.0832. The van der Waals surface area contributed by atoms with Crippen molar-refractivity contribution in [1.82, 2.24) is 0 Å². The van der Waals surface area contributed by atoms with E-state index >= 15 is 0 Å². The SMILES string of the molecule is C=CC1=C(/C=C\C)c2ccccc2C1CO.CC. The largest absolute Gasteiger partial charge is 0.395 e. The lowest BCUT2D eigenvalue weighted by atomic mass is 9.97. The fourth-order valence-corrected chi connectivity index (χ4v) is 2.36. The molecular formula is C17H22O. The normalized spacial score (nSPS) is 17.4. The van der Waals surface area contributed by atoms with E-state index in [-0.39, 0.29) is 12.5 Å². The zero-order chi connectivity index (χ0) is 13.5. The predicted octanol–water partition coefficient (Wildman–Crippen LogP) is 4.32. The summed E-state index contributed by atoms with van der Waals surface area (Å²) in [7, 11) is 0. The third-order valence-electron chi connectivity index (χ3n) is 3.05. The molecule has 1 atom stereocenters. The average Bonchev–Trinajstić information content (AvgIpc) is 2.75. The van der Waals surface area contributed by atoms with Crippen LogP contribution in [0.4, 0.5) is 0 Å². The van der Waals surface area contributed by atoms with E-state index in [1.165, 1.54) is 16.7 Å². The molecule has 0 spiro atoms. The van der Waals surface area contributed by atoms with Crippen LogP contribution in [0.3, 0.4) is 0 Å². The molecule has 0 amide bonds. The van der Waals surface area contributed by atoms with Crippen molar-refractivity contribution in [2.75, 3.05) is 6.61 Å². The van der Waals surface area contributed by atoms with Gasteiger partial charge in [0, 0.05) is 5.92 Å². The van der Waals surface area contributed by atoms with Gasteiger partial charge in [-0.25, -0.2) is 0 Å². The summed E-state index contributed by atoms with van der Waals surface area (Å²) in [5.41, 5.74) is 4.73. The van der Waals surface area contributed by atoms with Gasteiger partial charge in [-0.1, -0.05) is 62.9 Å². The van der Waals surface area contributed by atoms with Crippen LogP contribution in [0, 0.1) is 0 Å². The zero-order valence-electron chi connectivity index (χ0n) is 11.5. The van der Waals surface area contributed by atoms with Crippen molar-refractivity contribution >= 4 is 5.57 Å². The molecule has 1 aliphatic carbocycles. The van der Waals surface area contributed by atoms with Gasteiger partial charge in [0.1, 0.15) is 0 Å². The van der Waals surface area contributed by atoms with E-state index in [0.717, 1.165) is 5.57 Å². The first-order valence-corrected chi connectivity index (χ1v) is 6.53. The van der Waals surface area contributed by atoms with Crippen molar-refractivity contribution in [3.05, 3.63) is 65.8 Å². The second-order valence-electron chi connectivity index (χ2n) is 3.90. The Kier molecular flexibility index (Phi) is 5.60. The van der Waals surface area contributed by atoms with Crippen molar-refractivity contribution in [2.45, 2.75) is 26.7 Å². The standard InChI is InChI=1S/C15H16O.C2H6/c1-3-7-12-11(4-2)15(10-16)14-9-6-5-8-13(12)14;1-2/h3-9,15-16H,2,10H2,1H3;1-2H3/b7-3-;. The first-order valence-electron chi connectivity index (χ1n) is 6.53. The Bertz CT molecular complexity index is 466. The van der Waals surface area contributed by atoms with Gasteiger partial charge in [-0.05, 0) is 29.2 Å². The Hall–Kier alpha value is -1.60.